The molecule has 3 aromatic rings. The number of carbonyl (C=O) groups excluding carboxylic acids is 1. The zero-order valence-electron chi connectivity index (χ0n) is 17.7. The molecule has 2 aromatic heterocycles. The van der Waals surface area contributed by atoms with E-state index in [-0.39, 0.29) is 5.91 Å². The number of amides is 1. The van der Waals surface area contributed by atoms with Crippen LogP contribution in [0, 0.1) is 11.8 Å². The maximum Gasteiger partial charge on any atom is 0.278 e. The molecule has 1 amide bonds. The van der Waals surface area contributed by atoms with Crippen LogP contribution in [0.1, 0.15) is 47.6 Å². The summed E-state index contributed by atoms with van der Waals surface area (Å²) >= 11 is 0. The summed E-state index contributed by atoms with van der Waals surface area (Å²) in [4.78, 5) is 26.3. The van der Waals surface area contributed by atoms with E-state index in [1.54, 1.807) is 18.3 Å². The molecule has 3 heterocycles. The van der Waals surface area contributed by atoms with Crippen LogP contribution >= 0.6 is 0 Å². The first-order valence-electron chi connectivity index (χ1n) is 11.1. The Balaban J connectivity index is 1.29. The summed E-state index contributed by atoms with van der Waals surface area (Å²) in [5.74, 6) is 2.79. The van der Waals surface area contributed by atoms with Gasteiger partial charge in [-0.3, -0.25) is 14.3 Å². The normalized spacial score (nSPS) is 18.3. The van der Waals surface area contributed by atoms with Crippen molar-refractivity contribution < 1.29 is 9.32 Å². The smallest absolute Gasteiger partial charge is 0.278 e. The van der Waals surface area contributed by atoms with Crippen molar-refractivity contribution in [1.29, 1.82) is 0 Å². The van der Waals surface area contributed by atoms with Crippen LogP contribution in [0.2, 0.25) is 0 Å². The van der Waals surface area contributed by atoms with Crippen molar-refractivity contribution in [3.63, 3.8) is 0 Å². The van der Waals surface area contributed by atoms with E-state index >= 15 is 0 Å². The number of rotatable bonds is 7. The molecule has 0 bridgehead atoms. The Morgan fingerprint density at radius 2 is 1.87 bits per heavy atom. The van der Waals surface area contributed by atoms with Gasteiger partial charge in [0, 0.05) is 20.1 Å². The molecule has 0 unspecified atom stereocenters. The fraction of sp³-hybridized carbons (Fsp3) is 0.478. The standard InChI is InChI=1S/C23H26N6O2/c1-27-12-19-21(24-14-29(19)18-5-3-2-4-17(18)23(27)30)22-25-20(26-31-22)13-28(10-15-6-7-15)11-16-8-9-16/h2-5,14-16H,6-13H2,1H3. The molecule has 8 heteroatoms. The molecule has 1 aliphatic heterocycles. The molecular formula is C23H26N6O2. The van der Waals surface area contributed by atoms with Crippen LogP contribution in [-0.2, 0) is 13.1 Å². The second-order valence-corrected chi connectivity index (χ2v) is 9.18. The molecule has 0 saturated heterocycles. The Morgan fingerprint density at radius 1 is 1.13 bits per heavy atom. The predicted molar refractivity (Wildman–Crippen MR) is 113 cm³/mol. The Labute approximate surface area is 180 Å². The summed E-state index contributed by atoms with van der Waals surface area (Å²) < 4.78 is 7.60. The van der Waals surface area contributed by atoms with Crippen LogP contribution in [0.15, 0.2) is 35.1 Å². The highest BCUT2D eigenvalue weighted by atomic mass is 16.5. The molecule has 8 nitrogen and oxygen atoms in total. The lowest BCUT2D eigenvalue weighted by atomic mass is 10.1. The van der Waals surface area contributed by atoms with Gasteiger partial charge < -0.3 is 9.42 Å². The second kappa shape index (κ2) is 7.30. The molecule has 3 aliphatic rings. The average Bonchev–Trinajstić information content (AvgIpc) is 3.68. The number of imidazole rings is 1. The minimum Gasteiger partial charge on any atom is -0.336 e. The minimum absolute atomic E-state index is 0.00716. The third-order valence-corrected chi connectivity index (χ3v) is 6.46. The van der Waals surface area contributed by atoms with E-state index in [2.05, 4.69) is 20.0 Å². The van der Waals surface area contributed by atoms with Crippen molar-refractivity contribution in [2.75, 3.05) is 20.1 Å². The molecule has 31 heavy (non-hydrogen) atoms. The molecule has 160 valence electrons. The Morgan fingerprint density at radius 3 is 2.61 bits per heavy atom. The predicted octanol–water partition coefficient (Wildman–Crippen LogP) is 3.13. The van der Waals surface area contributed by atoms with Crippen LogP contribution in [0.4, 0.5) is 0 Å². The Kier molecular flexibility index (Phi) is 4.41. The van der Waals surface area contributed by atoms with Gasteiger partial charge >= 0.3 is 0 Å². The Bertz CT molecular complexity index is 1110. The number of benzene rings is 1. The number of hydrogen-bond acceptors (Lipinski definition) is 6. The monoisotopic (exact) mass is 418 g/mol. The fourth-order valence-corrected chi connectivity index (χ4v) is 4.43. The number of hydrogen-bond donors (Lipinski definition) is 0. The van der Waals surface area contributed by atoms with Crippen molar-refractivity contribution in [3.05, 3.63) is 47.7 Å². The zero-order chi connectivity index (χ0) is 20.9. The van der Waals surface area contributed by atoms with Crippen molar-refractivity contribution in [2.45, 2.75) is 38.8 Å². The van der Waals surface area contributed by atoms with Gasteiger partial charge in [-0.15, -0.1) is 0 Å². The van der Waals surface area contributed by atoms with Gasteiger partial charge in [0.05, 0.1) is 30.0 Å². The number of aromatic nitrogens is 4. The van der Waals surface area contributed by atoms with E-state index in [4.69, 9.17) is 4.52 Å². The number of nitrogens with zero attached hydrogens (tertiary/aromatic N) is 6. The number of para-hydroxylation sites is 1. The van der Waals surface area contributed by atoms with Crippen LogP contribution in [0.25, 0.3) is 17.3 Å². The topological polar surface area (TPSA) is 80.3 Å². The first-order chi connectivity index (χ1) is 15.2. The highest BCUT2D eigenvalue weighted by Crippen LogP contribution is 2.34. The van der Waals surface area contributed by atoms with Crippen LogP contribution in [-0.4, -0.2) is 55.5 Å². The van der Waals surface area contributed by atoms with Crippen LogP contribution < -0.4 is 0 Å². The number of carbonyl (C=O) groups is 1. The molecule has 1 aromatic carbocycles. The first kappa shape index (κ1) is 18.7. The van der Waals surface area contributed by atoms with E-state index in [0.717, 1.165) is 36.3 Å². The van der Waals surface area contributed by atoms with Crippen molar-refractivity contribution >= 4 is 5.91 Å². The van der Waals surface area contributed by atoms with E-state index in [0.29, 0.717) is 36.1 Å². The quantitative estimate of drug-likeness (QED) is 0.586. The molecule has 0 spiro atoms. The maximum absolute atomic E-state index is 12.8. The summed E-state index contributed by atoms with van der Waals surface area (Å²) in [5, 5.41) is 4.26. The van der Waals surface area contributed by atoms with Gasteiger partial charge in [-0.05, 0) is 49.7 Å². The molecule has 0 atom stereocenters. The zero-order valence-corrected chi connectivity index (χ0v) is 17.7. The molecular weight excluding hydrogens is 392 g/mol. The molecule has 0 radical (unpaired) electrons. The third-order valence-electron chi connectivity index (χ3n) is 6.46. The Hall–Kier alpha value is -3.00. The van der Waals surface area contributed by atoms with Crippen molar-refractivity contribution in [3.8, 4) is 17.3 Å². The first-order valence-corrected chi connectivity index (χ1v) is 11.1. The summed E-state index contributed by atoms with van der Waals surface area (Å²) in [5.41, 5.74) is 3.01. The van der Waals surface area contributed by atoms with Crippen molar-refractivity contribution in [1.82, 2.24) is 29.5 Å². The number of fused-ring (bicyclic) bond motifs is 3. The van der Waals surface area contributed by atoms with Gasteiger partial charge in [0.15, 0.2) is 11.5 Å². The van der Waals surface area contributed by atoms with Gasteiger partial charge in [-0.2, -0.15) is 4.98 Å². The van der Waals surface area contributed by atoms with Gasteiger partial charge in [-0.25, -0.2) is 4.98 Å². The fourth-order valence-electron chi connectivity index (χ4n) is 4.43. The third kappa shape index (κ3) is 3.65. The second-order valence-electron chi connectivity index (χ2n) is 9.18. The largest absolute Gasteiger partial charge is 0.336 e. The lowest BCUT2D eigenvalue weighted by molar-refractivity contribution is 0.0788. The molecule has 6 rings (SSSR count). The SMILES string of the molecule is CN1Cc2c(-c3nc(CN(CC4CC4)CC4CC4)no3)ncn2-c2ccccc2C1=O. The minimum atomic E-state index is -0.00716. The van der Waals surface area contributed by atoms with Gasteiger partial charge in [0.25, 0.3) is 11.8 Å². The lowest BCUT2D eigenvalue weighted by Gasteiger charge is -2.19. The van der Waals surface area contributed by atoms with E-state index in [9.17, 15) is 4.79 Å². The summed E-state index contributed by atoms with van der Waals surface area (Å²) in [6, 6.07) is 7.60. The average molecular weight is 419 g/mol. The highest BCUT2D eigenvalue weighted by molar-refractivity contribution is 5.98. The van der Waals surface area contributed by atoms with Gasteiger partial charge in [0.1, 0.15) is 6.33 Å². The lowest BCUT2D eigenvalue weighted by Crippen LogP contribution is -2.28. The summed E-state index contributed by atoms with van der Waals surface area (Å²) in [6.45, 7) is 3.40. The molecule has 2 fully saturated rings. The molecule has 2 saturated carbocycles. The van der Waals surface area contributed by atoms with Crippen LogP contribution in [0.3, 0.4) is 0 Å². The van der Waals surface area contributed by atoms with Crippen LogP contribution in [0.5, 0.6) is 0 Å². The van der Waals surface area contributed by atoms with E-state index in [1.807, 2.05) is 28.8 Å². The van der Waals surface area contributed by atoms with Crippen molar-refractivity contribution in [2.24, 2.45) is 11.8 Å². The molecule has 2 aliphatic carbocycles. The summed E-state index contributed by atoms with van der Waals surface area (Å²) in [7, 11) is 1.80. The highest BCUT2D eigenvalue weighted by Gasteiger charge is 2.31. The van der Waals surface area contributed by atoms with Gasteiger partial charge in [-0.1, -0.05) is 17.3 Å². The van der Waals surface area contributed by atoms with E-state index < -0.39 is 0 Å². The summed E-state index contributed by atoms with van der Waals surface area (Å²) in [6.07, 6.45) is 7.10. The maximum atomic E-state index is 12.8. The van der Waals surface area contributed by atoms with Gasteiger partial charge in [0.2, 0.25) is 0 Å². The molecule has 0 N–H and O–H groups in total. The van der Waals surface area contributed by atoms with E-state index in [1.165, 1.54) is 25.7 Å².